The number of hydrogen-bond acceptors (Lipinski definition) is 5. The van der Waals surface area contributed by atoms with Crippen LogP contribution in [0.2, 0.25) is 0 Å². The van der Waals surface area contributed by atoms with Gasteiger partial charge >= 0.3 is 5.97 Å². The predicted molar refractivity (Wildman–Crippen MR) is 80.6 cm³/mol. The van der Waals surface area contributed by atoms with Crippen LogP contribution >= 0.6 is 15.9 Å². The van der Waals surface area contributed by atoms with Crippen LogP contribution in [0.5, 0.6) is 0 Å². The Kier molecular flexibility index (Phi) is 9.75. The number of carbonyl (C=O) groups is 1. The molecule has 0 aromatic rings. The molecule has 1 atom stereocenters. The number of carbonyl (C=O) groups excluding carboxylic acids is 1. The Morgan fingerprint density at radius 1 is 1.40 bits per heavy atom. The molecule has 0 heterocycles. The molecular weight excluding hydrogens is 328 g/mol. The summed E-state index contributed by atoms with van der Waals surface area (Å²) in [6.07, 6.45) is 1.12. The van der Waals surface area contributed by atoms with Gasteiger partial charge in [0.05, 0.1) is 19.8 Å². The van der Waals surface area contributed by atoms with Gasteiger partial charge in [-0.3, -0.25) is 0 Å². The lowest BCUT2D eigenvalue weighted by atomic mass is 10.2. The van der Waals surface area contributed by atoms with E-state index in [0.29, 0.717) is 18.8 Å². The maximum atomic E-state index is 11.3. The molecule has 0 aliphatic heterocycles. The molecule has 0 aliphatic carbocycles. The highest BCUT2D eigenvalue weighted by molar-refractivity contribution is 9.10. The number of hydrogen-bond donors (Lipinski definition) is 0. The van der Waals surface area contributed by atoms with Crippen molar-refractivity contribution in [3.05, 3.63) is 24.8 Å². The monoisotopic (exact) mass is 350 g/mol. The van der Waals surface area contributed by atoms with Crippen molar-refractivity contribution in [3.63, 3.8) is 0 Å². The zero-order valence-electron chi connectivity index (χ0n) is 12.3. The number of alkyl halides is 1. The molecule has 0 fully saturated rings. The SMILES string of the molecule is C=CCOCC(COC(=O)C(=C)C)OOCC(C)(C)Br. The summed E-state index contributed by atoms with van der Waals surface area (Å²) in [4.78, 5) is 21.6. The van der Waals surface area contributed by atoms with Crippen LogP contribution in [0.25, 0.3) is 0 Å². The van der Waals surface area contributed by atoms with Gasteiger partial charge in [0, 0.05) is 9.90 Å². The molecule has 1 unspecified atom stereocenters. The Labute approximate surface area is 129 Å². The van der Waals surface area contributed by atoms with Crippen molar-refractivity contribution in [1.29, 1.82) is 0 Å². The molecule has 0 rings (SSSR count). The fourth-order valence-corrected chi connectivity index (χ4v) is 1.04. The Hall–Kier alpha value is -0.690. The lowest BCUT2D eigenvalue weighted by molar-refractivity contribution is -0.336. The fraction of sp³-hybridized carbons (Fsp3) is 0.643. The Bertz CT molecular complexity index is 322. The second-order valence-electron chi connectivity index (χ2n) is 4.90. The third-order valence-electron chi connectivity index (χ3n) is 1.89. The lowest BCUT2D eigenvalue weighted by Crippen LogP contribution is -2.30. The fourth-order valence-electron chi connectivity index (χ4n) is 0.949. The van der Waals surface area contributed by atoms with Gasteiger partial charge in [-0.25, -0.2) is 14.6 Å². The van der Waals surface area contributed by atoms with E-state index in [1.54, 1.807) is 13.0 Å². The van der Waals surface area contributed by atoms with E-state index in [1.807, 2.05) is 13.8 Å². The maximum absolute atomic E-state index is 11.3. The molecule has 20 heavy (non-hydrogen) atoms. The minimum Gasteiger partial charge on any atom is -0.459 e. The summed E-state index contributed by atoms with van der Waals surface area (Å²) < 4.78 is 10.1. The zero-order chi connectivity index (χ0) is 15.6. The van der Waals surface area contributed by atoms with E-state index in [0.717, 1.165) is 0 Å². The molecule has 0 aromatic carbocycles. The summed E-state index contributed by atoms with van der Waals surface area (Å²) in [6.45, 7) is 13.5. The number of esters is 1. The molecule has 0 radical (unpaired) electrons. The second-order valence-corrected chi connectivity index (χ2v) is 7.05. The first-order chi connectivity index (χ1) is 9.26. The number of ether oxygens (including phenoxy) is 2. The van der Waals surface area contributed by atoms with Gasteiger partial charge in [0.2, 0.25) is 0 Å². The molecule has 0 bridgehead atoms. The van der Waals surface area contributed by atoms with Crippen LogP contribution in [-0.2, 0) is 24.0 Å². The quantitative estimate of drug-likeness (QED) is 0.109. The standard InChI is InChI=1S/C14H23BrO5/c1-6-7-17-8-12(9-18-13(16)11(2)3)20-19-10-14(4,5)15/h6,12H,1-2,7-10H2,3-5H3. The van der Waals surface area contributed by atoms with Crippen molar-refractivity contribution in [2.24, 2.45) is 0 Å². The van der Waals surface area contributed by atoms with Gasteiger partial charge in [-0.15, -0.1) is 6.58 Å². The van der Waals surface area contributed by atoms with Crippen molar-refractivity contribution in [3.8, 4) is 0 Å². The predicted octanol–water partition coefficient (Wildman–Crippen LogP) is 2.80. The molecule has 0 aliphatic rings. The highest BCUT2D eigenvalue weighted by Gasteiger charge is 2.18. The summed E-state index contributed by atoms with van der Waals surface area (Å²) in [7, 11) is 0. The van der Waals surface area contributed by atoms with Gasteiger partial charge in [0.15, 0.2) is 6.10 Å². The van der Waals surface area contributed by atoms with Gasteiger partial charge in [0.1, 0.15) is 6.61 Å². The minimum absolute atomic E-state index is 0.0333. The van der Waals surface area contributed by atoms with Crippen molar-refractivity contribution < 1.29 is 24.0 Å². The van der Waals surface area contributed by atoms with Gasteiger partial charge in [-0.05, 0) is 20.8 Å². The smallest absolute Gasteiger partial charge is 0.333 e. The van der Waals surface area contributed by atoms with E-state index >= 15 is 0 Å². The van der Waals surface area contributed by atoms with Crippen LogP contribution in [0, 0.1) is 0 Å². The molecule has 5 nitrogen and oxygen atoms in total. The van der Waals surface area contributed by atoms with Gasteiger partial charge in [-0.1, -0.05) is 28.6 Å². The summed E-state index contributed by atoms with van der Waals surface area (Å²) in [5.74, 6) is -0.469. The minimum atomic E-state index is -0.506. The third-order valence-corrected chi connectivity index (χ3v) is 2.12. The van der Waals surface area contributed by atoms with E-state index in [2.05, 4.69) is 29.1 Å². The van der Waals surface area contributed by atoms with Crippen LogP contribution < -0.4 is 0 Å². The first kappa shape index (κ1) is 19.3. The molecule has 0 saturated heterocycles. The van der Waals surface area contributed by atoms with Crippen LogP contribution in [0.15, 0.2) is 24.8 Å². The summed E-state index contributed by atoms with van der Waals surface area (Å²) >= 11 is 3.43. The van der Waals surface area contributed by atoms with Crippen LogP contribution in [0.4, 0.5) is 0 Å². The van der Waals surface area contributed by atoms with Crippen LogP contribution in [0.3, 0.4) is 0 Å². The summed E-state index contributed by atoms with van der Waals surface area (Å²) in [5, 5.41) is 0. The van der Waals surface area contributed by atoms with E-state index in [4.69, 9.17) is 19.2 Å². The first-order valence-corrected chi connectivity index (χ1v) is 7.04. The average molecular weight is 351 g/mol. The maximum Gasteiger partial charge on any atom is 0.333 e. The Morgan fingerprint density at radius 2 is 2.05 bits per heavy atom. The molecule has 116 valence electrons. The third kappa shape index (κ3) is 11.2. The van der Waals surface area contributed by atoms with E-state index in [-0.39, 0.29) is 17.5 Å². The van der Waals surface area contributed by atoms with Gasteiger partial charge in [-0.2, -0.15) is 0 Å². The summed E-state index contributed by atoms with van der Waals surface area (Å²) in [5.41, 5.74) is 0.332. The average Bonchev–Trinajstić information content (AvgIpc) is 2.33. The lowest BCUT2D eigenvalue weighted by Gasteiger charge is -2.20. The largest absolute Gasteiger partial charge is 0.459 e. The topological polar surface area (TPSA) is 54.0 Å². The molecule has 6 heteroatoms. The number of rotatable bonds is 11. The number of halogens is 1. The Balaban J connectivity index is 4.15. The van der Waals surface area contributed by atoms with E-state index in [9.17, 15) is 4.79 Å². The highest BCUT2D eigenvalue weighted by atomic mass is 79.9. The second kappa shape index (κ2) is 10.1. The van der Waals surface area contributed by atoms with Crippen molar-refractivity contribution >= 4 is 21.9 Å². The summed E-state index contributed by atoms with van der Waals surface area (Å²) in [6, 6.07) is 0. The van der Waals surface area contributed by atoms with Crippen molar-refractivity contribution in [2.45, 2.75) is 31.2 Å². The molecule has 0 aromatic heterocycles. The first-order valence-electron chi connectivity index (χ1n) is 6.24. The Morgan fingerprint density at radius 3 is 2.55 bits per heavy atom. The van der Waals surface area contributed by atoms with Gasteiger partial charge < -0.3 is 9.47 Å². The van der Waals surface area contributed by atoms with Crippen molar-refractivity contribution in [1.82, 2.24) is 0 Å². The van der Waals surface area contributed by atoms with Gasteiger partial charge in [0.25, 0.3) is 0 Å². The van der Waals surface area contributed by atoms with Crippen LogP contribution in [-0.4, -0.2) is 42.8 Å². The normalized spacial score (nSPS) is 12.8. The van der Waals surface area contributed by atoms with Crippen molar-refractivity contribution in [2.75, 3.05) is 26.4 Å². The molecular formula is C14H23BrO5. The highest BCUT2D eigenvalue weighted by Crippen LogP contribution is 2.16. The molecule has 0 amide bonds. The molecule has 0 saturated carbocycles. The van der Waals surface area contributed by atoms with E-state index < -0.39 is 12.1 Å². The molecule has 0 N–H and O–H groups in total. The molecule has 0 spiro atoms. The zero-order valence-corrected chi connectivity index (χ0v) is 13.9. The van der Waals surface area contributed by atoms with E-state index in [1.165, 1.54) is 0 Å². The van der Waals surface area contributed by atoms with Crippen LogP contribution in [0.1, 0.15) is 20.8 Å².